The molecule has 0 unspecified atom stereocenters. The van der Waals surface area contributed by atoms with E-state index in [1.807, 2.05) is 13.8 Å². The predicted octanol–water partition coefficient (Wildman–Crippen LogP) is 0.688. The van der Waals surface area contributed by atoms with Crippen LogP contribution in [0.25, 0.3) is 0 Å². The van der Waals surface area contributed by atoms with Crippen molar-refractivity contribution >= 4 is 61.4 Å². The normalized spacial score (nSPS) is 21.7. The Morgan fingerprint density at radius 2 is 2.00 bits per heavy atom. The number of aromatic nitrogens is 2. The molecule has 1 aromatic heterocycles. The van der Waals surface area contributed by atoms with E-state index >= 15 is 0 Å². The summed E-state index contributed by atoms with van der Waals surface area (Å²) < 4.78 is 12.2. The van der Waals surface area contributed by atoms with Crippen LogP contribution in [0, 0.1) is 5.92 Å². The molecule has 0 saturated carbocycles. The molecule has 13 heteroatoms. The SMILES string of the molecule is CC(C)[C@H](N)C(=O)O[C@@H]1C[C@@H](n2ccc(N)nc2=O)O[C@H]1CO.Cl.Cl.Cl.Cl. The van der Waals surface area contributed by atoms with Crippen molar-refractivity contribution in [3.05, 3.63) is 22.7 Å². The fourth-order valence-corrected chi connectivity index (χ4v) is 2.30. The third-order valence-corrected chi connectivity index (χ3v) is 3.78. The molecule has 1 aromatic rings. The van der Waals surface area contributed by atoms with Gasteiger partial charge in [-0.1, -0.05) is 13.8 Å². The summed E-state index contributed by atoms with van der Waals surface area (Å²) in [6.07, 6.45) is -0.443. The zero-order valence-electron chi connectivity index (χ0n) is 14.7. The smallest absolute Gasteiger partial charge is 0.351 e. The Bertz CT molecular complexity index is 634. The highest BCUT2D eigenvalue weighted by molar-refractivity contribution is 5.86. The Balaban J connectivity index is -0.00000144. The number of rotatable bonds is 5. The zero-order valence-corrected chi connectivity index (χ0v) is 18.0. The average Bonchev–Trinajstić information content (AvgIpc) is 2.88. The number of aliphatic hydroxyl groups excluding tert-OH is 1. The molecule has 0 bridgehead atoms. The standard InChI is InChI=1S/C14H22N4O5.4ClH/c1-7(2)12(16)13(20)23-8-5-11(22-9(8)6-19)18-4-3-10(15)17-14(18)21;;;;/h3-4,7-9,11-12,19H,5-6,16H2,1-2H3,(H2,15,17,21);4*1H/t8-,9+,11+,12+;;;;/m1..../s1. The van der Waals surface area contributed by atoms with Gasteiger partial charge in [-0.15, -0.1) is 49.6 Å². The molecule has 0 aliphatic carbocycles. The van der Waals surface area contributed by atoms with E-state index in [0.29, 0.717) is 0 Å². The summed E-state index contributed by atoms with van der Waals surface area (Å²) in [5.74, 6) is -0.526. The fourth-order valence-electron chi connectivity index (χ4n) is 2.30. The van der Waals surface area contributed by atoms with Crippen molar-refractivity contribution in [1.82, 2.24) is 9.55 Å². The lowest BCUT2D eigenvalue weighted by Crippen LogP contribution is -2.41. The molecule has 5 N–H and O–H groups in total. The molecule has 0 amide bonds. The van der Waals surface area contributed by atoms with Crippen molar-refractivity contribution in [3.8, 4) is 0 Å². The molecule has 0 spiro atoms. The number of hydrogen-bond donors (Lipinski definition) is 3. The summed E-state index contributed by atoms with van der Waals surface area (Å²) >= 11 is 0. The first-order valence-corrected chi connectivity index (χ1v) is 7.40. The highest BCUT2D eigenvalue weighted by Crippen LogP contribution is 2.30. The van der Waals surface area contributed by atoms with Gasteiger partial charge in [-0.25, -0.2) is 4.79 Å². The van der Waals surface area contributed by atoms with Crippen LogP contribution >= 0.6 is 49.6 Å². The minimum absolute atomic E-state index is 0. The predicted molar refractivity (Wildman–Crippen MR) is 110 cm³/mol. The molecular weight excluding hydrogens is 446 g/mol. The van der Waals surface area contributed by atoms with E-state index < -0.39 is 36.1 Å². The van der Waals surface area contributed by atoms with Crippen molar-refractivity contribution in [2.45, 2.75) is 44.7 Å². The summed E-state index contributed by atoms with van der Waals surface area (Å²) in [4.78, 5) is 27.4. The lowest BCUT2D eigenvalue weighted by Gasteiger charge is -2.20. The second-order valence-corrected chi connectivity index (χ2v) is 5.83. The molecule has 160 valence electrons. The highest BCUT2D eigenvalue weighted by atomic mass is 35.5. The number of esters is 1. The number of nitrogen functional groups attached to an aromatic ring is 1. The molecule has 1 saturated heterocycles. The third kappa shape index (κ3) is 7.61. The van der Waals surface area contributed by atoms with Gasteiger partial charge in [0.2, 0.25) is 0 Å². The molecular formula is C14H26Cl4N4O5. The van der Waals surface area contributed by atoms with Crippen LogP contribution in [-0.4, -0.2) is 45.5 Å². The number of hydrogen-bond acceptors (Lipinski definition) is 8. The maximum atomic E-state index is 12.0. The van der Waals surface area contributed by atoms with Gasteiger partial charge in [0, 0.05) is 12.6 Å². The number of aliphatic hydroxyl groups is 1. The molecule has 1 fully saturated rings. The summed E-state index contributed by atoms with van der Waals surface area (Å²) in [7, 11) is 0. The second kappa shape index (κ2) is 13.4. The Labute approximate surface area is 181 Å². The lowest BCUT2D eigenvalue weighted by atomic mass is 10.1. The molecule has 1 aliphatic heterocycles. The van der Waals surface area contributed by atoms with Gasteiger partial charge in [-0.05, 0) is 12.0 Å². The zero-order chi connectivity index (χ0) is 17.1. The summed E-state index contributed by atoms with van der Waals surface area (Å²) in [6.45, 7) is 3.27. The largest absolute Gasteiger partial charge is 0.458 e. The monoisotopic (exact) mass is 470 g/mol. The third-order valence-electron chi connectivity index (χ3n) is 3.78. The minimum Gasteiger partial charge on any atom is -0.458 e. The van der Waals surface area contributed by atoms with Gasteiger partial charge in [0.05, 0.1) is 6.61 Å². The molecule has 27 heavy (non-hydrogen) atoms. The maximum absolute atomic E-state index is 12.0. The number of nitrogens with two attached hydrogens (primary N) is 2. The minimum atomic E-state index is -0.755. The summed E-state index contributed by atoms with van der Waals surface area (Å²) in [5.41, 5.74) is 10.6. The topological polar surface area (TPSA) is 143 Å². The second-order valence-electron chi connectivity index (χ2n) is 5.83. The number of carbonyl (C=O) groups excluding carboxylic acids is 1. The van der Waals surface area contributed by atoms with E-state index in [1.54, 1.807) is 0 Å². The van der Waals surface area contributed by atoms with Crippen LogP contribution in [0.4, 0.5) is 5.82 Å². The fraction of sp³-hybridized carbons (Fsp3) is 0.643. The van der Waals surface area contributed by atoms with Crippen LogP contribution in [-0.2, 0) is 14.3 Å². The van der Waals surface area contributed by atoms with Crippen molar-refractivity contribution < 1.29 is 19.4 Å². The van der Waals surface area contributed by atoms with Crippen molar-refractivity contribution in [3.63, 3.8) is 0 Å². The van der Waals surface area contributed by atoms with Crippen LogP contribution in [0.1, 0.15) is 26.5 Å². The summed E-state index contributed by atoms with van der Waals surface area (Å²) in [6, 6.07) is 0.710. The summed E-state index contributed by atoms with van der Waals surface area (Å²) in [5, 5.41) is 9.40. The number of nitrogens with zero attached hydrogens (tertiary/aromatic N) is 2. The van der Waals surface area contributed by atoms with Crippen LogP contribution in [0.2, 0.25) is 0 Å². The van der Waals surface area contributed by atoms with Crippen LogP contribution in [0.15, 0.2) is 17.1 Å². The maximum Gasteiger partial charge on any atom is 0.351 e. The van der Waals surface area contributed by atoms with Gasteiger partial charge in [-0.2, -0.15) is 4.98 Å². The molecule has 2 heterocycles. The van der Waals surface area contributed by atoms with E-state index in [1.165, 1.54) is 16.8 Å². The van der Waals surface area contributed by atoms with Gasteiger partial charge in [0.15, 0.2) is 0 Å². The molecule has 1 aliphatic rings. The van der Waals surface area contributed by atoms with Gasteiger partial charge < -0.3 is 26.0 Å². The first kappa shape index (κ1) is 30.9. The van der Waals surface area contributed by atoms with Crippen LogP contribution in [0.3, 0.4) is 0 Å². The van der Waals surface area contributed by atoms with Crippen molar-refractivity contribution in [2.75, 3.05) is 12.3 Å². The molecule has 2 rings (SSSR count). The Morgan fingerprint density at radius 1 is 1.41 bits per heavy atom. The number of ether oxygens (including phenoxy) is 2. The average molecular weight is 472 g/mol. The van der Waals surface area contributed by atoms with Gasteiger partial charge in [0.25, 0.3) is 0 Å². The molecule has 4 atom stereocenters. The van der Waals surface area contributed by atoms with Crippen molar-refractivity contribution in [2.24, 2.45) is 11.7 Å². The number of halogens is 4. The van der Waals surface area contributed by atoms with E-state index in [9.17, 15) is 14.7 Å². The van der Waals surface area contributed by atoms with E-state index in [4.69, 9.17) is 20.9 Å². The molecule has 9 nitrogen and oxygen atoms in total. The molecule has 0 radical (unpaired) electrons. The van der Waals surface area contributed by atoms with Crippen LogP contribution < -0.4 is 17.2 Å². The number of anilines is 1. The Morgan fingerprint density at radius 3 is 2.48 bits per heavy atom. The first-order valence-electron chi connectivity index (χ1n) is 7.40. The Kier molecular flexibility index (Phi) is 15.3. The van der Waals surface area contributed by atoms with Gasteiger partial charge in [-0.3, -0.25) is 9.36 Å². The van der Waals surface area contributed by atoms with Gasteiger partial charge in [0.1, 0.15) is 30.3 Å². The van der Waals surface area contributed by atoms with E-state index in [-0.39, 0.29) is 74.4 Å². The Hall–Kier alpha value is -0.810. The highest BCUT2D eigenvalue weighted by Gasteiger charge is 2.39. The van der Waals surface area contributed by atoms with E-state index in [0.717, 1.165) is 0 Å². The van der Waals surface area contributed by atoms with Crippen molar-refractivity contribution in [1.29, 1.82) is 0 Å². The lowest BCUT2D eigenvalue weighted by molar-refractivity contribution is -0.155. The molecule has 0 aromatic carbocycles. The quantitative estimate of drug-likeness (QED) is 0.532. The van der Waals surface area contributed by atoms with Gasteiger partial charge >= 0.3 is 11.7 Å². The van der Waals surface area contributed by atoms with E-state index in [2.05, 4.69) is 4.98 Å². The first-order chi connectivity index (χ1) is 10.8. The van der Waals surface area contributed by atoms with Crippen LogP contribution in [0.5, 0.6) is 0 Å². The number of carbonyl (C=O) groups is 1.